The van der Waals surface area contributed by atoms with E-state index in [0.29, 0.717) is 28.0 Å². The summed E-state index contributed by atoms with van der Waals surface area (Å²) in [7, 11) is 0. The van der Waals surface area contributed by atoms with Crippen LogP contribution in [0.15, 0.2) is 105 Å². The minimum absolute atomic E-state index is 0.0628. The Kier molecular flexibility index (Phi) is 5.01. The van der Waals surface area contributed by atoms with Gasteiger partial charge in [0, 0.05) is 31.6 Å². The van der Waals surface area contributed by atoms with Gasteiger partial charge in [0.25, 0.3) is 5.56 Å². The van der Waals surface area contributed by atoms with Crippen LogP contribution in [0.1, 0.15) is 15.9 Å². The molecule has 1 aliphatic carbocycles. The summed E-state index contributed by atoms with van der Waals surface area (Å²) in [6, 6.07) is 28.3. The summed E-state index contributed by atoms with van der Waals surface area (Å²) >= 11 is 7.08. The quantitative estimate of drug-likeness (QED) is 0.240. The van der Waals surface area contributed by atoms with Crippen molar-refractivity contribution >= 4 is 59.9 Å². The Morgan fingerprint density at radius 3 is 2.21 bits per heavy atom. The summed E-state index contributed by atoms with van der Waals surface area (Å²) in [6.45, 7) is 0. The fourth-order valence-electron chi connectivity index (χ4n) is 4.62. The van der Waals surface area contributed by atoms with E-state index in [0.717, 1.165) is 31.1 Å². The summed E-state index contributed by atoms with van der Waals surface area (Å²) in [5.74, 6) is -0.0628. The standard InChI is InChI=1S/C28H16Br2N2O2/c29-16-10-12-23(21(30)14-16)32-24-13-11-22(31-17-6-2-1-3-7-17)27-26(24)20(15-25(32)33)18-8-4-5-9-19(18)28(27)34/h1-15,31H. The molecule has 1 N–H and O–H groups in total. The number of pyridine rings is 1. The van der Waals surface area contributed by atoms with Crippen LogP contribution in [-0.2, 0) is 0 Å². The van der Waals surface area contributed by atoms with Crippen LogP contribution in [0.4, 0.5) is 11.4 Å². The Bertz CT molecular complexity index is 1690. The number of nitrogens with zero attached hydrogens (tertiary/aromatic N) is 1. The molecule has 4 nitrogen and oxygen atoms in total. The second-order valence-electron chi connectivity index (χ2n) is 8.08. The number of aromatic nitrogens is 1. The number of para-hydroxylation sites is 1. The Morgan fingerprint density at radius 1 is 0.706 bits per heavy atom. The molecule has 1 aromatic heterocycles. The third-order valence-electron chi connectivity index (χ3n) is 6.07. The maximum absolute atomic E-state index is 13.8. The zero-order chi connectivity index (χ0) is 23.4. The summed E-state index contributed by atoms with van der Waals surface area (Å²) in [5.41, 5.74) is 5.53. The average molecular weight is 572 g/mol. The van der Waals surface area contributed by atoms with E-state index in [4.69, 9.17) is 0 Å². The zero-order valence-electron chi connectivity index (χ0n) is 17.7. The van der Waals surface area contributed by atoms with Crippen molar-refractivity contribution in [2.45, 2.75) is 0 Å². The first-order chi connectivity index (χ1) is 16.5. The van der Waals surface area contributed by atoms with Crippen molar-refractivity contribution in [1.82, 2.24) is 4.57 Å². The molecule has 0 saturated heterocycles. The minimum atomic E-state index is -0.163. The van der Waals surface area contributed by atoms with Gasteiger partial charge in [-0.3, -0.25) is 14.2 Å². The molecule has 6 rings (SSSR count). The lowest BCUT2D eigenvalue weighted by molar-refractivity contribution is 0.104. The van der Waals surface area contributed by atoms with E-state index in [1.54, 1.807) is 10.6 Å². The van der Waals surface area contributed by atoms with Gasteiger partial charge >= 0.3 is 0 Å². The molecule has 0 unspecified atom stereocenters. The van der Waals surface area contributed by atoms with E-state index >= 15 is 0 Å². The van der Waals surface area contributed by atoms with Crippen LogP contribution < -0.4 is 10.9 Å². The van der Waals surface area contributed by atoms with Gasteiger partial charge in [0.05, 0.1) is 22.5 Å². The highest BCUT2D eigenvalue weighted by atomic mass is 79.9. The van der Waals surface area contributed by atoms with Crippen molar-refractivity contribution in [3.63, 3.8) is 0 Å². The zero-order valence-corrected chi connectivity index (χ0v) is 20.9. The lowest BCUT2D eigenvalue weighted by Gasteiger charge is -2.24. The third-order valence-corrected chi connectivity index (χ3v) is 7.20. The van der Waals surface area contributed by atoms with Gasteiger partial charge in [0.1, 0.15) is 0 Å². The second-order valence-corrected chi connectivity index (χ2v) is 9.85. The van der Waals surface area contributed by atoms with Crippen LogP contribution in [0.3, 0.4) is 0 Å². The van der Waals surface area contributed by atoms with Crippen LogP contribution in [-0.4, -0.2) is 10.4 Å². The molecule has 0 aliphatic heterocycles. The van der Waals surface area contributed by atoms with Gasteiger partial charge in [-0.2, -0.15) is 0 Å². The summed E-state index contributed by atoms with van der Waals surface area (Å²) in [5, 5.41) is 4.17. The number of nitrogens with one attached hydrogen (secondary N) is 1. The van der Waals surface area contributed by atoms with E-state index in [2.05, 4.69) is 37.2 Å². The van der Waals surface area contributed by atoms with Crippen LogP contribution >= 0.6 is 31.9 Å². The van der Waals surface area contributed by atoms with Crippen LogP contribution in [0.2, 0.25) is 0 Å². The highest BCUT2D eigenvalue weighted by Crippen LogP contribution is 2.43. The number of hydrogen-bond donors (Lipinski definition) is 1. The number of rotatable bonds is 3. The van der Waals surface area contributed by atoms with Crippen LogP contribution in [0.5, 0.6) is 0 Å². The molecular formula is C28H16Br2N2O2. The molecule has 0 amide bonds. The molecule has 1 heterocycles. The van der Waals surface area contributed by atoms with Crippen LogP contribution in [0, 0.1) is 0 Å². The molecule has 0 spiro atoms. The van der Waals surface area contributed by atoms with Gasteiger partial charge in [-0.05, 0) is 69.5 Å². The number of carbonyl (C=O) groups excluding carboxylic acids is 1. The molecule has 0 radical (unpaired) electrons. The van der Waals surface area contributed by atoms with E-state index in [9.17, 15) is 9.59 Å². The van der Waals surface area contributed by atoms with Crippen molar-refractivity contribution in [3.8, 4) is 16.8 Å². The van der Waals surface area contributed by atoms with Gasteiger partial charge in [0.15, 0.2) is 5.78 Å². The average Bonchev–Trinajstić information content (AvgIpc) is 2.84. The Hall–Kier alpha value is -3.48. The van der Waals surface area contributed by atoms with Crippen LogP contribution in [0.25, 0.3) is 27.7 Å². The first-order valence-electron chi connectivity index (χ1n) is 10.7. The summed E-state index contributed by atoms with van der Waals surface area (Å²) < 4.78 is 3.33. The molecule has 5 aromatic rings. The van der Waals surface area contributed by atoms with Crippen molar-refractivity contribution < 1.29 is 4.79 Å². The summed E-state index contributed by atoms with van der Waals surface area (Å²) in [4.78, 5) is 27.3. The largest absolute Gasteiger partial charge is 0.355 e. The van der Waals surface area contributed by atoms with E-state index in [1.807, 2.05) is 84.9 Å². The van der Waals surface area contributed by atoms with Gasteiger partial charge in [-0.1, -0.05) is 58.4 Å². The number of fused-ring (bicyclic) bond motifs is 2. The predicted molar refractivity (Wildman–Crippen MR) is 144 cm³/mol. The summed E-state index contributed by atoms with van der Waals surface area (Å²) in [6.07, 6.45) is 0. The molecule has 164 valence electrons. The highest BCUT2D eigenvalue weighted by Gasteiger charge is 2.29. The number of benzene rings is 4. The number of anilines is 2. The van der Waals surface area contributed by atoms with Crippen molar-refractivity contribution in [3.05, 3.63) is 121 Å². The second kappa shape index (κ2) is 8.08. The molecule has 0 atom stereocenters. The number of hydrogen-bond acceptors (Lipinski definition) is 3. The molecule has 1 aliphatic rings. The van der Waals surface area contributed by atoms with E-state index < -0.39 is 0 Å². The lowest BCUT2D eigenvalue weighted by Crippen LogP contribution is -2.22. The monoisotopic (exact) mass is 570 g/mol. The molecule has 0 fully saturated rings. The Balaban J connectivity index is 1.72. The van der Waals surface area contributed by atoms with Gasteiger partial charge in [0.2, 0.25) is 0 Å². The highest BCUT2D eigenvalue weighted by molar-refractivity contribution is 9.11. The topological polar surface area (TPSA) is 51.1 Å². The van der Waals surface area contributed by atoms with Gasteiger partial charge in [-0.25, -0.2) is 0 Å². The molecule has 0 bridgehead atoms. The maximum atomic E-state index is 13.8. The first kappa shape index (κ1) is 21.1. The third kappa shape index (κ3) is 3.25. The van der Waals surface area contributed by atoms with Crippen molar-refractivity contribution in [2.75, 3.05) is 5.32 Å². The van der Waals surface area contributed by atoms with Gasteiger partial charge < -0.3 is 5.32 Å². The van der Waals surface area contributed by atoms with Crippen molar-refractivity contribution in [2.24, 2.45) is 0 Å². The fraction of sp³-hybridized carbons (Fsp3) is 0. The number of carbonyl (C=O) groups is 1. The normalized spacial score (nSPS) is 12.0. The van der Waals surface area contributed by atoms with Crippen molar-refractivity contribution in [1.29, 1.82) is 0 Å². The molecule has 34 heavy (non-hydrogen) atoms. The minimum Gasteiger partial charge on any atom is -0.355 e. The molecule has 6 heteroatoms. The molecule has 0 saturated carbocycles. The number of halogens is 2. The SMILES string of the molecule is O=C1c2ccccc2-c2cc(=O)n(-c3ccc(Br)cc3Br)c3ccc(Nc4ccccc4)c1c23. The predicted octanol–water partition coefficient (Wildman–Crippen LogP) is 7.47. The smallest absolute Gasteiger partial charge is 0.256 e. The maximum Gasteiger partial charge on any atom is 0.256 e. The van der Waals surface area contributed by atoms with E-state index in [1.165, 1.54) is 0 Å². The van der Waals surface area contributed by atoms with Gasteiger partial charge in [-0.15, -0.1) is 0 Å². The Morgan fingerprint density at radius 2 is 1.44 bits per heavy atom. The fourth-order valence-corrected chi connectivity index (χ4v) is 5.85. The first-order valence-corrected chi connectivity index (χ1v) is 12.3. The Labute approximate surface area is 212 Å². The van der Waals surface area contributed by atoms with E-state index in [-0.39, 0.29) is 11.3 Å². The molecule has 4 aromatic carbocycles. The molecular weight excluding hydrogens is 556 g/mol. The number of ketones is 1. The lowest BCUT2D eigenvalue weighted by atomic mass is 9.83.